The zero-order chi connectivity index (χ0) is 16.5. The molecule has 5 heteroatoms. The van der Waals surface area contributed by atoms with Crippen LogP contribution in [0.25, 0.3) is 12.2 Å². The first kappa shape index (κ1) is 14.7. The van der Waals surface area contributed by atoms with E-state index in [0.29, 0.717) is 16.8 Å². The van der Waals surface area contributed by atoms with Crippen LogP contribution in [0, 0.1) is 6.92 Å². The van der Waals surface area contributed by atoms with Gasteiger partial charge < -0.3 is 10.6 Å². The molecule has 0 saturated heterocycles. The van der Waals surface area contributed by atoms with Crippen molar-refractivity contribution in [3.05, 3.63) is 70.4 Å². The zero-order valence-corrected chi connectivity index (χ0v) is 13.8. The number of hydrogen-bond acceptors (Lipinski definition) is 4. The summed E-state index contributed by atoms with van der Waals surface area (Å²) in [4.78, 5) is 8.73. The van der Waals surface area contributed by atoms with Crippen LogP contribution in [0.3, 0.4) is 0 Å². The average molecular weight is 335 g/mol. The number of nitrogens with zero attached hydrogens (tertiary/aromatic N) is 2. The molecule has 1 aliphatic heterocycles. The standard InChI is InChI=1S/C19H15ClN4/c1-12-5-8-16-10-14(12)7-6-13-3-2-4-15(9-13)22-18-17(20)11-21-19(23-16)24-18/h2-11H,1H3,(H2,21,22,23,24)/b7-6-. The lowest BCUT2D eigenvalue weighted by atomic mass is 10.1. The summed E-state index contributed by atoms with van der Waals surface area (Å²) in [5, 5.41) is 6.95. The molecule has 0 aliphatic carbocycles. The number of fused-ring (bicyclic) bond motifs is 6. The Labute approximate surface area is 145 Å². The topological polar surface area (TPSA) is 49.8 Å². The van der Waals surface area contributed by atoms with Gasteiger partial charge in [0, 0.05) is 11.4 Å². The maximum absolute atomic E-state index is 6.22. The first-order valence-corrected chi connectivity index (χ1v) is 8.00. The number of aryl methyl sites for hydroxylation is 1. The Morgan fingerprint density at radius 2 is 1.83 bits per heavy atom. The van der Waals surface area contributed by atoms with E-state index in [1.165, 1.54) is 5.56 Å². The van der Waals surface area contributed by atoms with Gasteiger partial charge in [-0.3, -0.25) is 0 Å². The summed E-state index contributed by atoms with van der Waals surface area (Å²) in [5.41, 5.74) is 5.30. The van der Waals surface area contributed by atoms with E-state index in [1.54, 1.807) is 6.20 Å². The molecule has 1 aromatic heterocycles. The maximum Gasteiger partial charge on any atom is 0.229 e. The second-order valence-corrected chi connectivity index (χ2v) is 6.08. The van der Waals surface area contributed by atoms with E-state index >= 15 is 0 Å². The molecule has 4 nitrogen and oxygen atoms in total. The number of rotatable bonds is 0. The van der Waals surface area contributed by atoms with Crippen molar-refractivity contribution < 1.29 is 0 Å². The van der Waals surface area contributed by atoms with Gasteiger partial charge in [0.2, 0.25) is 5.95 Å². The first-order valence-electron chi connectivity index (χ1n) is 7.63. The third-order valence-corrected chi connectivity index (χ3v) is 4.16. The van der Waals surface area contributed by atoms with E-state index in [4.69, 9.17) is 11.6 Å². The van der Waals surface area contributed by atoms with Gasteiger partial charge in [-0.15, -0.1) is 0 Å². The summed E-state index contributed by atoms with van der Waals surface area (Å²) < 4.78 is 0. The van der Waals surface area contributed by atoms with Crippen LogP contribution >= 0.6 is 11.6 Å². The lowest BCUT2D eigenvalue weighted by Gasteiger charge is -2.11. The van der Waals surface area contributed by atoms with Gasteiger partial charge in [-0.05, 0) is 47.9 Å². The lowest BCUT2D eigenvalue weighted by Crippen LogP contribution is -2.01. The van der Waals surface area contributed by atoms with Crippen molar-refractivity contribution in [1.29, 1.82) is 0 Å². The molecule has 0 amide bonds. The number of nitrogens with one attached hydrogen (secondary N) is 2. The van der Waals surface area contributed by atoms with Crippen molar-refractivity contribution in [1.82, 2.24) is 9.97 Å². The van der Waals surface area contributed by atoms with Crippen molar-refractivity contribution in [3.8, 4) is 0 Å². The van der Waals surface area contributed by atoms with Gasteiger partial charge in [0.15, 0.2) is 5.82 Å². The Morgan fingerprint density at radius 1 is 0.958 bits per heavy atom. The van der Waals surface area contributed by atoms with Gasteiger partial charge in [-0.25, -0.2) is 4.98 Å². The highest BCUT2D eigenvalue weighted by atomic mass is 35.5. The number of halogens is 1. The third-order valence-electron chi connectivity index (χ3n) is 3.88. The first-order chi connectivity index (χ1) is 11.7. The van der Waals surface area contributed by atoms with E-state index in [9.17, 15) is 0 Å². The highest BCUT2D eigenvalue weighted by molar-refractivity contribution is 6.32. The summed E-state index contributed by atoms with van der Waals surface area (Å²) in [6, 6.07) is 14.3. The van der Waals surface area contributed by atoms with Crippen molar-refractivity contribution in [2.45, 2.75) is 6.92 Å². The van der Waals surface area contributed by atoms with Gasteiger partial charge >= 0.3 is 0 Å². The van der Waals surface area contributed by atoms with Crippen molar-refractivity contribution in [2.75, 3.05) is 10.6 Å². The zero-order valence-electron chi connectivity index (χ0n) is 13.0. The van der Waals surface area contributed by atoms with Crippen LogP contribution < -0.4 is 10.6 Å². The molecule has 0 atom stereocenters. The summed E-state index contributed by atoms with van der Waals surface area (Å²) in [7, 11) is 0. The van der Waals surface area contributed by atoms with E-state index in [1.807, 2.05) is 18.2 Å². The van der Waals surface area contributed by atoms with Crippen LogP contribution in [0.2, 0.25) is 5.02 Å². The molecule has 3 aromatic rings. The van der Waals surface area contributed by atoms with Crippen molar-refractivity contribution in [3.63, 3.8) is 0 Å². The molecule has 118 valence electrons. The molecule has 2 aromatic carbocycles. The van der Waals surface area contributed by atoms with Gasteiger partial charge in [0.25, 0.3) is 0 Å². The number of anilines is 4. The van der Waals surface area contributed by atoms with Gasteiger partial charge in [-0.2, -0.15) is 4.98 Å². The summed E-state index contributed by atoms with van der Waals surface area (Å²) >= 11 is 6.22. The fourth-order valence-electron chi connectivity index (χ4n) is 2.58. The van der Waals surface area contributed by atoms with Gasteiger partial charge in [0.05, 0.1) is 6.20 Å². The molecule has 0 unspecified atom stereocenters. The largest absolute Gasteiger partial charge is 0.339 e. The highest BCUT2D eigenvalue weighted by Gasteiger charge is 2.08. The lowest BCUT2D eigenvalue weighted by molar-refractivity contribution is 1.16. The van der Waals surface area contributed by atoms with E-state index in [-0.39, 0.29) is 0 Å². The highest BCUT2D eigenvalue weighted by Crippen LogP contribution is 2.27. The summed E-state index contributed by atoms with van der Waals surface area (Å²) in [5.74, 6) is 1.07. The van der Waals surface area contributed by atoms with E-state index < -0.39 is 0 Å². The Hall–Kier alpha value is -2.85. The van der Waals surface area contributed by atoms with Crippen LogP contribution in [0.15, 0.2) is 48.7 Å². The minimum Gasteiger partial charge on any atom is -0.339 e. The van der Waals surface area contributed by atoms with Crippen LogP contribution in [-0.4, -0.2) is 9.97 Å². The minimum atomic E-state index is 0.473. The molecule has 4 rings (SSSR count). The summed E-state index contributed by atoms with van der Waals surface area (Å²) in [6.07, 6.45) is 5.80. The van der Waals surface area contributed by atoms with Crippen LogP contribution in [-0.2, 0) is 0 Å². The molecule has 2 N–H and O–H groups in total. The predicted octanol–water partition coefficient (Wildman–Crippen LogP) is 5.41. The van der Waals surface area contributed by atoms with Crippen LogP contribution in [0.1, 0.15) is 16.7 Å². The molecule has 0 spiro atoms. The quantitative estimate of drug-likeness (QED) is 0.451. The molecule has 24 heavy (non-hydrogen) atoms. The number of aromatic nitrogens is 2. The predicted molar refractivity (Wildman–Crippen MR) is 100 cm³/mol. The summed E-state index contributed by atoms with van der Waals surface area (Å²) in [6.45, 7) is 2.09. The number of benzene rings is 2. The monoisotopic (exact) mass is 334 g/mol. The molecule has 0 fully saturated rings. The second kappa shape index (κ2) is 5.98. The molecular formula is C19H15ClN4. The maximum atomic E-state index is 6.22. The fraction of sp³-hybridized carbons (Fsp3) is 0.0526. The molecule has 2 heterocycles. The Balaban J connectivity index is 1.91. The molecule has 1 aliphatic rings. The fourth-order valence-corrected chi connectivity index (χ4v) is 2.72. The van der Waals surface area contributed by atoms with Gasteiger partial charge in [-0.1, -0.05) is 42.0 Å². The second-order valence-electron chi connectivity index (χ2n) is 5.67. The smallest absolute Gasteiger partial charge is 0.229 e. The molecule has 0 saturated carbocycles. The van der Waals surface area contributed by atoms with Crippen LogP contribution in [0.5, 0.6) is 0 Å². The Bertz CT molecular complexity index is 950. The number of hydrogen-bond donors (Lipinski definition) is 2. The van der Waals surface area contributed by atoms with Crippen molar-refractivity contribution in [2.24, 2.45) is 0 Å². The minimum absolute atomic E-state index is 0.473. The molecule has 6 bridgehead atoms. The van der Waals surface area contributed by atoms with Crippen molar-refractivity contribution >= 4 is 46.9 Å². The normalized spacial score (nSPS) is 13.6. The SMILES string of the molecule is Cc1ccc2cc1/C=C\c1cccc(c1)Nc1nc(ncc1Cl)N2. The van der Waals surface area contributed by atoms with E-state index in [0.717, 1.165) is 22.5 Å². The Kier molecular flexibility index (Phi) is 3.67. The van der Waals surface area contributed by atoms with E-state index in [2.05, 4.69) is 63.9 Å². The Morgan fingerprint density at radius 3 is 2.75 bits per heavy atom. The average Bonchev–Trinajstić information content (AvgIpc) is 2.58. The third kappa shape index (κ3) is 2.96. The van der Waals surface area contributed by atoms with Gasteiger partial charge in [0.1, 0.15) is 5.02 Å². The molecular weight excluding hydrogens is 320 g/mol. The molecule has 0 radical (unpaired) electrons. The van der Waals surface area contributed by atoms with Crippen LogP contribution in [0.4, 0.5) is 23.1 Å².